The van der Waals surface area contributed by atoms with Gasteiger partial charge in [-0.2, -0.15) is 0 Å². The fraction of sp³-hybridized carbons (Fsp3) is 0.545. The number of carbonyl (C=O) groups is 2. The average Bonchev–Trinajstić information content (AvgIpc) is 2.96. The minimum Gasteiger partial charge on any atom is -0.490 e. The van der Waals surface area contributed by atoms with Gasteiger partial charge in [-0.05, 0) is 35.4 Å². The molecule has 1 atom stereocenters. The number of benzene rings is 1. The maximum atomic E-state index is 14.0. The van der Waals surface area contributed by atoms with E-state index in [1.807, 2.05) is 20.8 Å². The van der Waals surface area contributed by atoms with E-state index in [9.17, 15) is 22.4 Å². The second-order valence-corrected chi connectivity index (χ2v) is 11.3. The van der Waals surface area contributed by atoms with E-state index in [0.29, 0.717) is 18.6 Å². The number of allylic oxidation sites excluding steroid dienone is 1. The molecular formula is C22H31FN2O5S. The van der Waals surface area contributed by atoms with Gasteiger partial charge in [0.2, 0.25) is 5.91 Å². The summed E-state index contributed by atoms with van der Waals surface area (Å²) in [4.78, 5) is 23.9. The number of carbonyl (C=O) groups excluding carboxylic acids is 2. The molecule has 0 radical (unpaired) electrons. The Morgan fingerprint density at radius 3 is 2.58 bits per heavy atom. The minimum absolute atomic E-state index is 0.0120. The molecule has 1 fully saturated rings. The van der Waals surface area contributed by atoms with Crippen molar-refractivity contribution < 1.29 is 27.1 Å². The maximum Gasteiger partial charge on any atom is 0.324 e. The number of sulfone groups is 1. The molecule has 1 N–H and O–H groups in total. The topological polar surface area (TPSA) is 92.8 Å². The van der Waals surface area contributed by atoms with Crippen LogP contribution in [0.25, 0.3) is 0 Å². The summed E-state index contributed by atoms with van der Waals surface area (Å²) >= 11 is 0. The highest BCUT2D eigenvalue weighted by molar-refractivity contribution is 7.91. The van der Waals surface area contributed by atoms with Crippen LogP contribution in [0.4, 0.5) is 9.18 Å². The predicted octanol–water partition coefficient (Wildman–Crippen LogP) is 3.27. The third-order valence-electron chi connectivity index (χ3n) is 4.64. The van der Waals surface area contributed by atoms with Crippen molar-refractivity contribution in [1.82, 2.24) is 10.2 Å². The number of hydrogen-bond donors (Lipinski definition) is 1. The van der Waals surface area contributed by atoms with E-state index >= 15 is 0 Å². The molecule has 9 heteroatoms. The number of urea groups is 1. The van der Waals surface area contributed by atoms with Gasteiger partial charge in [0.25, 0.3) is 0 Å². The monoisotopic (exact) mass is 454 g/mol. The molecule has 3 amide bonds. The first-order valence-corrected chi connectivity index (χ1v) is 12.0. The zero-order valence-corrected chi connectivity index (χ0v) is 19.3. The van der Waals surface area contributed by atoms with Crippen LogP contribution in [0.2, 0.25) is 0 Å². The lowest BCUT2D eigenvalue weighted by Crippen LogP contribution is -2.28. The number of imide groups is 1. The molecule has 0 bridgehead atoms. The van der Waals surface area contributed by atoms with Crippen molar-refractivity contribution >= 4 is 21.8 Å². The average molecular weight is 455 g/mol. The summed E-state index contributed by atoms with van der Waals surface area (Å²) in [6, 6.07) is 4.02. The van der Waals surface area contributed by atoms with Crippen LogP contribution in [0, 0.1) is 11.2 Å². The summed E-state index contributed by atoms with van der Waals surface area (Å²) in [5, 5.41) is 2.18. The van der Waals surface area contributed by atoms with E-state index < -0.39 is 21.7 Å². The highest BCUT2D eigenvalue weighted by atomic mass is 32.2. The second-order valence-electron chi connectivity index (χ2n) is 9.05. The van der Waals surface area contributed by atoms with Crippen molar-refractivity contribution in [2.24, 2.45) is 5.41 Å². The van der Waals surface area contributed by atoms with Crippen molar-refractivity contribution in [2.45, 2.75) is 40.0 Å². The van der Waals surface area contributed by atoms with Crippen LogP contribution in [-0.2, 0) is 14.6 Å². The third-order valence-corrected chi connectivity index (χ3v) is 6.51. The predicted molar refractivity (Wildman–Crippen MR) is 117 cm³/mol. The normalized spacial score (nSPS) is 16.1. The standard InChI is InChI=1S/C22H31FN2O5S/c1-16(17-8-9-18(23)19(12-17)30-15-22(2,3)4)14-31(28,29)11-7-5-6-10-25-13-20(26)24-21(25)27/h5-6,8-9,12,16H,7,10-11,13-15H2,1-4H3,(H,24,26,27)/b6-5+/t16-/m0/s1. The Labute approximate surface area is 183 Å². The molecule has 0 aromatic heterocycles. The summed E-state index contributed by atoms with van der Waals surface area (Å²) in [6.45, 7) is 8.35. The largest absolute Gasteiger partial charge is 0.490 e. The Kier molecular flexibility index (Phi) is 8.22. The summed E-state index contributed by atoms with van der Waals surface area (Å²) in [6.07, 6.45) is 3.67. The molecule has 0 saturated carbocycles. The van der Waals surface area contributed by atoms with Crippen LogP contribution >= 0.6 is 0 Å². The van der Waals surface area contributed by atoms with Crippen molar-refractivity contribution in [2.75, 3.05) is 31.2 Å². The Morgan fingerprint density at radius 2 is 1.97 bits per heavy atom. The van der Waals surface area contributed by atoms with Gasteiger partial charge in [0.1, 0.15) is 6.54 Å². The molecule has 1 aliphatic rings. The molecule has 0 spiro atoms. The molecule has 2 rings (SSSR count). The van der Waals surface area contributed by atoms with Crippen molar-refractivity contribution in [3.63, 3.8) is 0 Å². The van der Waals surface area contributed by atoms with Crippen LogP contribution in [0.1, 0.15) is 45.6 Å². The summed E-state index contributed by atoms with van der Waals surface area (Å²) in [7, 11) is -3.34. The van der Waals surface area contributed by atoms with Gasteiger partial charge in [0.05, 0.1) is 18.1 Å². The Balaban J connectivity index is 1.87. The number of amides is 3. The van der Waals surface area contributed by atoms with Crippen molar-refractivity contribution in [3.05, 3.63) is 41.7 Å². The molecule has 7 nitrogen and oxygen atoms in total. The highest BCUT2D eigenvalue weighted by Gasteiger charge is 2.25. The van der Waals surface area contributed by atoms with E-state index in [4.69, 9.17) is 4.74 Å². The molecule has 0 aliphatic carbocycles. The first kappa shape index (κ1) is 24.8. The van der Waals surface area contributed by atoms with Crippen LogP contribution in [0.15, 0.2) is 30.4 Å². The zero-order valence-electron chi connectivity index (χ0n) is 18.5. The number of nitrogens with one attached hydrogen (secondary N) is 1. The van der Waals surface area contributed by atoms with Gasteiger partial charge in [-0.1, -0.05) is 45.9 Å². The molecule has 0 unspecified atom stereocenters. The van der Waals surface area contributed by atoms with E-state index in [1.165, 1.54) is 11.0 Å². The molecule has 1 aromatic rings. The molecule has 1 aliphatic heterocycles. The number of halogens is 1. The van der Waals surface area contributed by atoms with Crippen molar-refractivity contribution in [3.8, 4) is 5.75 Å². The number of ether oxygens (including phenoxy) is 1. The molecule has 172 valence electrons. The van der Waals surface area contributed by atoms with Crippen LogP contribution in [-0.4, -0.2) is 56.5 Å². The van der Waals surface area contributed by atoms with Crippen LogP contribution in [0.5, 0.6) is 5.75 Å². The molecular weight excluding hydrogens is 423 g/mol. The number of hydrogen-bond acceptors (Lipinski definition) is 5. The summed E-state index contributed by atoms with van der Waals surface area (Å²) in [5.41, 5.74) is 0.577. The summed E-state index contributed by atoms with van der Waals surface area (Å²) in [5.74, 6) is -1.10. The lowest BCUT2D eigenvalue weighted by Gasteiger charge is -2.20. The van der Waals surface area contributed by atoms with Gasteiger partial charge in [0.15, 0.2) is 21.4 Å². The van der Waals surface area contributed by atoms with Gasteiger partial charge in [-0.3, -0.25) is 10.1 Å². The van der Waals surface area contributed by atoms with Gasteiger partial charge < -0.3 is 9.64 Å². The first-order chi connectivity index (χ1) is 14.4. The quantitative estimate of drug-likeness (QED) is 0.433. The Hall–Kier alpha value is -2.42. The zero-order chi connectivity index (χ0) is 23.2. The van der Waals surface area contributed by atoms with Crippen LogP contribution in [0.3, 0.4) is 0 Å². The van der Waals surface area contributed by atoms with E-state index in [1.54, 1.807) is 31.2 Å². The number of nitrogens with zero attached hydrogens (tertiary/aromatic N) is 1. The third kappa shape index (κ3) is 8.32. The van der Waals surface area contributed by atoms with E-state index in [-0.39, 0.29) is 47.6 Å². The van der Waals surface area contributed by atoms with Gasteiger partial charge in [-0.15, -0.1) is 0 Å². The lowest BCUT2D eigenvalue weighted by atomic mass is 9.98. The smallest absolute Gasteiger partial charge is 0.324 e. The maximum absolute atomic E-state index is 14.0. The second kappa shape index (κ2) is 10.3. The minimum atomic E-state index is -3.34. The van der Waals surface area contributed by atoms with Gasteiger partial charge in [0, 0.05) is 6.54 Å². The fourth-order valence-electron chi connectivity index (χ4n) is 2.99. The molecule has 1 heterocycles. The number of rotatable bonds is 10. The lowest BCUT2D eigenvalue weighted by molar-refractivity contribution is -0.118. The highest BCUT2D eigenvalue weighted by Crippen LogP contribution is 2.27. The Bertz CT molecular complexity index is 938. The van der Waals surface area contributed by atoms with E-state index in [0.717, 1.165) is 0 Å². The summed E-state index contributed by atoms with van der Waals surface area (Å²) < 4.78 is 44.6. The van der Waals surface area contributed by atoms with Gasteiger partial charge >= 0.3 is 6.03 Å². The van der Waals surface area contributed by atoms with Crippen molar-refractivity contribution in [1.29, 1.82) is 0 Å². The molecule has 1 saturated heterocycles. The first-order valence-electron chi connectivity index (χ1n) is 10.2. The molecule has 31 heavy (non-hydrogen) atoms. The van der Waals surface area contributed by atoms with E-state index in [2.05, 4.69) is 5.32 Å². The Morgan fingerprint density at radius 1 is 1.26 bits per heavy atom. The van der Waals surface area contributed by atoms with Gasteiger partial charge in [-0.25, -0.2) is 17.6 Å². The fourth-order valence-corrected chi connectivity index (χ4v) is 4.61. The molecule has 1 aromatic carbocycles. The SMILES string of the molecule is C[C@@H](CS(=O)(=O)CC/C=C/CN1CC(=O)NC1=O)c1ccc(F)c(OCC(C)(C)C)c1. The van der Waals surface area contributed by atoms with Crippen LogP contribution < -0.4 is 10.1 Å².